The minimum Gasteiger partial charge on any atom is -0.449 e. The molecule has 11 heteroatoms. The van der Waals surface area contributed by atoms with E-state index < -0.39 is 6.16 Å². The van der Waals surface area contributed by atoms with Gasteiger partial charge in [-0.2, -0.15) is 0 Å². The highest BCUT2D eigenvalue weighted by Gasteiger charge is 2.37. The van der Waals surface area contributed by atoms with E-state index in [-0.39, 0.29) is 34.7 Å². The monoisotopic (exact) mass is 714 g/mol. The van der Waals surface area contributed by atoms with Crippen molar-refractivity contribution in [3.63, 3.8) is 0 Å². The second kappa shape index (κ2) is 16.9. The third-order valence-electron chi connectivity index (χ3n) is 9.32. The lowest BCUT2D eigenvalue weighted by molar-refractivity contribution is -0.121. The van der Waals surface area contributed by atoms with Crippen LogP contribution in [0.3, 0.4) is 0 Å². The number of aryl methyl sites for hydroxylation is 3. The minimum absolute atomic E-state index is 0.0607. The maximum atomic E-state index is 12.8. The van der Waals surface area contributed by atoms with Crippen LogP contribution in [0.5, 0.6) is 5.75 Å². The number of hydrogen-bond acceptors (Lipinski definition) is 8. The lowest BCUT2D eigenvalue weighted by Gasteiger charge is -2.45. The Labute approximate surface area is 302 Å². The summed E-state index contributed by atoms with van der Waals surface area (Å²) in [4.78, 5) is 31.7. The Bertz CT molecular complexity index is 1870. The Morgan fingerprint density at radius 2 is 1.64 bits per heavy atom. The molecule has 2 aromatic heterocycles. The number of amides is 1. The highest BCUT2D eigenvalue weighted by molar-refractivity contribution is 7.15. The Morgan fingerprint density at radius 1 is 1.00 bits per heavy atom. The molecule has 2 N–H and O–H groups in total. The molecule has 262 valence electrons. The average Bonchev–Trinajstić information content (AvgIpc) is 3.66. The van der Waals surface area contributed by atoms with Crippen LogP contribution in [0.15, 0.2) is 89.5 Å². The van der Waals surface area contributed by atoms with Crippen LogP contribution in [-0.4, -0.2) is 57.9 Å². The number of carbonyl (C=O) groups excluding carboxylic acids is 1. The zero-order valence-electron chi connectivity index (χ0n) is 28.8. The van der Waals surface area contributed by atoms with Gasteiger partial charge in [0.1, 0.15) is 5.01 Å². The fraction of sp³-hybridized carbons (Fsp3) is 0.333. The van der Waals surface area contributed by atoms with Gasteiger partial charge in [-0.25, -0.2) is 9.78 Å². The van der Waals surface area contributed by atoms with Gasteiger partial charge in [-0.05, 0) is 71.2 Å². The van der Waals surface area contributed by atoms with Crippen LogP contribution in [0.25, 0.3) is 21.8 Å². The van der Waals surface area contributed by atoms with Crippen LogP contribution < -0.4 is 10.1 Å². The molecule has 9 nitrogen and oxygen atoms in total. The van der Waals surface area contributed by atoms with E-state index in [1.165, 1.54) is 5.56 Å². The van der Waals surface area contributed by atoms with Gasteiger partial charge in [0.2, 0.25) is 11.7 Å². The van der Waals surface area contributed by atoms with Crippen LogP contribution in [0.1, 0.15) is 54.0 Å². The minimum atomic E-state index is -1.43. The molecule has 5 aromatic rings. The fourth-order valence-corrected chi connectivity index (χ4v) is 7.53. The molecule has 0 radical (unpaired) electrons. The highest BCUT2D eigenvalue weighted by Crippen LogP contribution is 2.37. The molecular formula is C39H43ClN4O5S. The van der Waals surface area contributed by atoms with E-state index in [0.29, 0.717) is 17.0 Å². The number of rotatable bonds is 10. The molecule has 1 aliphatic carbocycles. The fourth-order valence-electron chi connectivity index (χ4n) is 6.37. The molecule has 1 saturated carbocycles. The molecule has 2 heterocycles. The van der Waals surface area contributed by atoms with Crippen molar-refractivity contribution in [3.05, 3.63) is 112 Å². The summed E-state index contributed by atoms with van der Waals surface area (Å²) in [6.45, 7) is 3.62. The average molecular weight is 715 g/mol. The van der Waals surface area contributed by atoms with E-state index in [4.69, 9.17) is 26.2 Å². The number of nitrogens with one attached hydrogen (secondary N) is 1. The number of aromatic nitrogens is 2. The molecule has 6 rings (SSSR count). The van der Waals surface area contributed by atoms with Crippen LogP contribution in [-0.2, 0) is 17.6 Å². The number of ether oxygens (including phenoxy) is 1. The van der Waals surface area contributed by atoms with Crippen molar-refractivity contribution in [2.75, 3.05) is 14.1 Å². The predicted molar refractivity (Wildman–Crippen MR) is 198 cm³/mol. The van der Waals surface area contributed by atoms with Gasteiger partial charge in [0.25, 0.3) is 0 Å². The van der Waals surface area contributed by atoms with Gasteiger partial charge in [0.05, 0.1) is 17.1 Å². The maximum absolute atomic E-state index is 12.8. The van der Waals surface area contributed by atoms with Crippen molar-refractivity contribution < 1.29 is 24.0 Å². The quantitative estimate of drug-likeness (QED) is 0.138. The SMILES string of the molecule is Cc1onc(-c2ccccc2Cl)c1OC(=O)O.Cc1sc(-c2ccccc2)nc1CC(=O)NC1CCC(CCc2ccccc2)(N(C)C)CC1. The molecule has 50 heavy (non-hydrogen) atoms. The molecule has 0 unspecified atom stereocenters. The predicted octanol–water partition coefficient (Wildman–Crippen LogP) is 9.01. The largest absolute Gasteiger partial charge is 0.511 e. The summed E-state index contributed by atoms with van der Waals surface area (Å²) in [5.41, 5.74) is 4.46. The van der Waals surface area contributed by atoms with Gasteiger partial charge in [-0.1, -0.05) is 95.6 Å². The van der Waals surface area contributed by atoms with Crippen molar-refractivity contribution in [3.8, 4) is 27.6 Å². The van der Waals surface area contributed by atoms with Crippen molar-refractivity contribution in [1.29, 1.82) is 0 Å². The number of thiazole rings is 1. The van der Waals surface area contributed by atoms with E-state index in [2.05, 4.69) is 83.6 Å². The van der Waals surface area contributed by atoms with Crippen LogP contribution in [0.4, 0.5) is 4.79 Å². The second-order valence-corrected chi connectivity index (χ2v) is 14.4. The Morgan fingerprint density at radius 3 is 2.28 bits per heavy atom. The molecule has 1 fully saturated rings. The van der Waals surface area contributed by atoms with Crippen LogP contribution in [0, 0.1) is 13.8 Å². The summed E-state index contributed by atoms with van der Waals surface area (Å²) in [5, 5.41) is 17.1. The number of carbonyl (C=O) groups is 2. The van der Waals surface area contributed by atoms with Crippen LogP contribution in [0.2, 0.25) is 5.02 Å². The lowest BCUT2D eigenvalue weighted by atomic mass is 9.75. The van der Waals surface area contributed by atoms with Crippen molar-refractivity contribution >= 4 is 35.0 Å². The molecule has 0 atom stereocenters. The van der Waals surface area contributed by atoms with Gasteiger partial charge in [-0.3, -0.25) is 4.79 Å². The molecule has 3 aromatic carbocycles. The van der Waals surface area contributed by atoms with Crippen molar-refractivity contribution in [1.82, 2.24) is 20.4 Å². The molecule has 0 aliphatic heterocycles. The number of nitrogens with zero attached hydrogens (tertiary/aromatic N) is 3. The number of carboxylic acid groups (broad SMARTS) is 1. The molecule has 0 bridgehead atoms. The van der Waals surface area contributed by atoms with Gasteiger partial charge < -0.3 is 24.6 Å². The molecule has 1 amide bonds. The van der Waals surface area contributed by atoms with Gasteiger partial charge in [0.15, 0.2) is 11.5 Å². The van der Waals surface area contributed by atoms with Gasteiger partial charge >= 0.3 is 6.16 Å². The second-order valence-electron chi connectivity index (χ2n) is 12.8. The standard InChI is InChI=1S/C28H35N3OS.C11H8ClNO4/c1-21-25(30-27(33-21)23-12-8-5-9-13-23)20-26(32)29-24-15-18-28(19-16-24,31(2)3)17-14-22-10-6-4-7-11-22;1-6-10(16-11(14)15)9(13-17-6)7-4-2-3-5-8(7)12/h4-13,24H,14-20H2,1-3H3,(H,29,32);2-5H,1H3,(H,14,15). The van der Waals surface area contributed by atoms with E-state index >= 15 is 0 Å². The van der Waals surface area contributed by atoms with E-state index in [9.17, 15) is 9.59 Å². The zero-order chi connectivity index (χ0) is 35.7. The smallest absolute Gasteiger partial charge is 0.449 e. The third-order valence-corrected chi connectivity index (χ3v) is 10.7. The summed E-state index contributed by atoms with van der Waals surface area (Å²) < 4.78 is 9.54. The zero-order valence-corrected chi connectivity index (χ0v) is 30.4. The first-order valence-corrected chi connectivity index (χ1v) is 17.9. The first-order valence-electron chi connectivity index (χ1n) is 16.7. The summed E-state index contributed by atoms with van der Waals surface area (Å²) in [7, 11) is 4.42. The molecular weight excluding hydrogens is 672 g/mol. The number of halogens is 1. The summed E-state index contributed by atoms with van der Waals surface area (Å²) in [6, 6.07) is 28.1. The van der Waals surface area contributed by atoms with E-state index in [1.807, 2.05) is 18.2 Å². The summed E-state index contributed by atoms with van der Waals surface area (Å²) in [5.74, 6) is 0.433. The first kappa shape index (κ1) is 36.8. The highest BCUT2D eigenvalue weighted by atomic mass is 35.5. The molecule has 0 spiro atoms. The molecule has 1 aliphatic rings. The van der Waals surface area contributed by atoms with Crippen molar-refractivity contribution in [2.45, 2.75) is 70.4 Å². The summed E-state index contributed by atoms with van der Waals surface area (Å²) >= 11 is 7.66. The number of hydrogen-bond donors (Lipinski definition) is 2. The number of benzene rings is 3. The molecule has 0 saturated heterocycles. The van der Waals surface area contributed by atoms with Gasteiger partial charge in [0, 0.05) is 34.5 Å². The first-order chi connectivity index (χ1) is 24.0. The van der Waals surface area contributed by atoms with E-state index in [1.54, 1.807) is 42.5 Å². The normalized spacial score (nSPS) is 17.1. The topological polar surface area (TPSA) is 118 Å². The lowest BCUT2D eigenvalue weighted by Crippen LogP contribution is -2.51. The van der Waals surface area contributed by atoms with Crippen molar-refractivity contribution in [2.24, 2.45) is 0 Å². The van der Waals surface area contributed by atoms with E-state index in [0.717, 1.165) is 59.7 Å². The van der Waals surface area contributed by atoms with Gasteiger partial charge in [-0.15, -0.1) is 11.3 Å². The maximum Gasteiger partial charge on any atom is 0.511 e. The Kier molecular flexibility index (Phi) is 12.5. The Balaban J connectivity index is 0.000000240. The Hall–Kier alpha value is -4.51. The summed E-state index contributed by atoms with van der Waals surface area (Å²) in [6.07, 6.45) is 5.49. The third kappa shape index (κ3) is 9.38. The van der Waals surface area contributed by atoms with Crippen LogP contribution >= 0.6 is 22.9 Å².